The second-order valence-corrected chi connectivity index (χ2v) is 4.14. The Bertz CT molecular complexity index is 413. The summed E-state index contributed by atoms with van der Waals surface area (Å²) in [6, 6.07) is 3.00. The summed E-state index contributed by atoms with van der Waals surface area (Å²) < 4.78 is 24.0. The van der Waals surface area contributed by atoms with Crippen molar-refractivity contribution in [2.75, 3.05) is 20.3 Å². The molecule has 0 heterocycles. The number of benzene rings is 1. The number of hydrogen-bond acceptors (Lipinski definition) is 3. The average Bonchev–Trinajstić information content (AvgIpc) is 2.29. The zero-order valence-corrected chi connectivity index (χ0v) is 11.0. The van der Waals surface area contributed by atoms with E-state index < -0.39 is 5.82 Å². The topological polar surface area (TPSA) is 68.3 Å². The van der Waals surface area contributed by atoms with Gasteiger partial charge in [-0.05, 0) is 28.1 Å². The summed E-state index contributed by atoms with van der Waals surface area (Å²) in [5.41, 5.74) is 5.61. The van der Waals surface area contributed by atoms with Crippen LogP contribution in [0.25, 0.3) is 0 Å². The lowest BCUT2D eigenvalue weighted by atomic mass is 10.2. The number of methoxy groups -OCH3 is 1. The van der Waals surface area contributed by atoms with Crippen molar-refractivity contribution in [3.63, 3.8) is 0 Å². The van der Waals surface area contributed by atoms with E-state index in [1.807, 2.05) is 0 Å². The normalized spacial score (nSPS) is 10.3. The Hall–Kier alpha value is -1.14. The summed E-state index contributed by atoms with van der Waals surface area (Å²) >= 11 is 3.05. The molecule has 0 radical (unpaired) electrons. The Morgan fingerprint density at radius 2 is 2.18 bits per heavy atom. The third-order valence-electron chi connectivity index (χ3n) is 2.09. The number of nitrogens with two attached hydrogens (primary N) is 1. The molecule has 0 aliphatic heterocycles. The van der Waals surface area contributed by atoms with Crippen LogP contribution in [0.3, 0.4) is 0 Å². The predicted molar refractivity (Wildman–Crippen MR) is 67.1 cm³/mol. The maximum atomic E-state index is 13.8. The van der Waals surface area contributed by atoms with Crippen LogP contribution in [-0.4, -0.2) is 26.2 Å². The quantitative estimate of drug-likeness (QED) is 0.481. The minimum atomic E-state index is -0.546. The molecule has 0 aliphatic carbocycles. The number of halogens is 2. The van der Waals surface area contributed by atoms with Crippen molar-refractivity contribution in [3.8, 4) is 5.75 Å². The molecule has 6 heteroatoms. The summed E-state index contributed by atoms with van der Waals surface area (Å²) in [5.74, 6) is -0.602. The molecule has 0 aliphatic rings. The molecule has 0 unspecified atom stereocenters. The molecule has 0 saturated carbocycles. The number of hydrogen-bond donors (Lipinski definition) is 2. The molecule has 0 atom stereocenters. The Balaban J connectivity index is 2.75. The van der Waals surface area contributed by atoms with Crippen LogP contribution in [0.15, 0.2) is 16.6 Å². The highest BCUT2D eigenvalue weighted by molar-refractivity contribution is 9.10. The van der Waals surface area contributed by atoms with E-state index in [1.54, 1.807) is 13.2 Å². The number of amidine groups is 1. The van der Waals surface area contributed by atoms with Crippen molar-refractivity contribution in [1.82, 2.24) is 0 Å². The fraction of sp³-hybridized carbons (Fsp3) is 0.364. The molecule has 0 saturated heterocycles. The van der Waals surface area contributed by atoms with Gasteiger partial charge in [0.25, 0.3) is 0 Å². The van der Waals surface area contributed by atoms with Crippen LogP contribution >= 0.6 is 15.9 Å². The number of nitrogens with one attached hydrogen (secondary N) is 1. The van der Waals surface area contributed by atoms with Crippen LogP contribution in [0.2, 0.25) is 0 Å². The first-order chi connectivity index (χ1) is 8.07. The van der Waals surface area contributed by atoms with Gasteiger partial charge in [0.05, 0.1) is 11.1 Å². The minimum Gasteiger partial charge on any atom is -0.490 e. The van der Waals surface area contributed by atoms with E-state index in [0.29, 0.717) is 25.2 Å². The number of ether oxygens (including phenoxy) is 2. The maximum Gasteiger partial charge on any atom is 0.179 e. The molecule has 1 aromatic carbocycles. The lowest BCUT2D eigenvalue weighted by molar-refractivity contribution is 0.170. The molecule has 1 aromatic rings. The first kappa shape index (κ1) is 13.9. The van der Waals surface area contributed by atoms with Gasteiger partial charge in [-0.15, -0.1) is 0 Å². The second-order valence-electron chi connectivity index (χ2n) is 3.35. The van der Waals surface area contributed by atoms with Gasteiger partial charge in [0.2, 0.25) is 0 Å². The van der Waals surface area contributed by atoms with Gasteiger partial charge in [-0.2, -0.15) is 0 Å². The zero-order valence-electron chi connectivity index (χ0n) is 9.43. The molecular formula is C11H14BrFN2O2. The zero-order chi connectivity index (χ0) is 12.8. The average molecular weight is 305 g/mol. The first-order valence-electron chi connectivity index (χ1n) is 5.02. The molecule has 0 fully saturated rings. The van der Waals surface area contributed by atoms with E-state index >= 15 is 0 Å². The van der Waals surface area contributed by atoms with E-state index in [4.69, 9.17) is 20.6 Å². The lowest BCUT2D eigenvalue weighted by Crippen LogP contribution is -2.13. The highest BCUT2D eigenvalue weighted by Crippen LogP contribution is 2.28. The fourth-order valence-electron chi connectivity index (χ4n) is 1.24. The van der Waals surface area contributed by atoms with E-state index in [0.717, 1.165) is 0 Å². The summed E-state index contributed by atoms with van der Waals surface area (Å²) in [6.07, 6.45) is 0.683. The molecular weight excluding hydrogens is 291 g/mol. The summed E-state index contributed by atoms with van der Waals surface area (Å²) in [4.78, 5) is 0. The van der Waals surface area contributed by atoms with Gasteiger partial charge in [0, 0.05) is 25.7 Å². The van der Waals surface area contributed by atoms with Gasteiger partial charge in [-0.3, -0.25) is 5.41 Å². The lowest BCUT2D eigenvalue weighted by Gasteiger charge is -2.10. The second kappa shape index (κ2) is 6.56. The Morgan fingerprint density at radius 1 is 1.47 bits per heavy atom. The third kappa shape index (κ3) is 3.67. The Kier molecular flexibility index (Phi) is 5.37. The van der Waals surface area contributed by atoms with Gasteiger partial charge in [0.1, 0.15) is 5.84 Å². The van der Waals surface area contributed by atoms with Crippen molar-refractivity contribution in [1.29, 1.82) is 5.41 Å². The fourth-order valence-corrected chi connectivity index (χ4v) is 1.78. The molecule has 94 valence electrons. The first-order valence-corrected chi connectivity index (χ1v) is 5.81. The molecule has 17 heavy (non-hydrogen) atoms. The Labute approximate surface area is 108 Å². The van der Waals surface area contributed by atoms with Crippen LogP contribution in [0.1, 0.15) is 12.0 Å². The van der Waals surface area contributed by atoms with E-state index in [9.17, 15) is 4.39 Å². The van der Waals surface area contributed by atoms with E-state index in [-0.39, 0.29) is 16.1 Å². The van der Waals surface area contributed by atoms with Crippen LogP contribution < -0.4 is 10.5 Å². The van der Waals surface area contributed by atoms with Gasteiger partial charge in [-0.25, -0.2) is 4.39 Å². The third-order valence-corrected chi connectivity index (χ3v) is 2.86. The summed E-state index contributed by atoms with van der Waals surface area (Å²) in [6.45, 7) is 0.935. The Morgan fingerprint density at radius 3 is 2.76 bits per heavy atom. The van der Waals surface area contributed by atoms with E-state index in [2.05, 4.69) is 15.9 Å². The summed E-state index contributed by atoms with van der Waals surface area (Å²) in [7, 11) is 1.60. The van der Waals surface area contributed by atoms with Gasteiger partial charge in [0.15, 0.2) is 11.6 Å². The molecule has 3 N–H and O–H groups in total. The van der Waals surface area contributed by atoms with Crippen LogP contribution in [0.5, 0.6) is 5.75 Å². The molecule has 1 rings (SSSR count). The molecule has 0 spiro atoms. The molecule has 0 aromatic heterocycles. The van der Waals surface area contributed by atoms with Crippen molar-refractivity contribution < 1.29 is 13.9 Å². The standard InChI is InChI=1S/C11H14BrFN2O2/c1-16-5-2-6-17-8-4-3-7(11(14)15)9(12)10(8)13/h3-4H,2,5-6H2,1H3,(H3,14,15). The van der Waals surface area contributed by atoms with Crippen LogP contribution in [-0.2, 0) is 4.74 Å². The van der Waals surface area contributed by atoms with Gasteiger partial charge >= 0.3 is 0 Å². The van der Waals surface area contributed by atoms with Gasteiger partial charge in [-0.1, -0.05) is 0 Å². The maximum absolute atomic E-state index is 13.8. The highest BCUT2D eigenvalue weighted by Gasteiger charge is 2.13. The predicted octanol–water partition coefficient (Wildman–Crippen LogP) is 2.29. The van der Waals surface area contributed by atoms with Crippen molar-refractivity contribution in [2.45, 2.75) is 6.42 Å². The van der Waals surface area contributed by atoms with Gasteiger partial charge < -0.3 is 15.2 Å². The van der Waals surface area contributed by atoms with E-state index in [1.165, 1.54) is 6.07 Å². The largest absolute Gasteiger partial charge is 0.490 e. The van der Waals surface area contributed by atoms with Crippen molar-refractivity contribution in [3.05, 3.63) is 28.0 Å². The highest BCUT2D eigenvalue weighted by atomic mass is 79.9. The number of nitrogen functional groups attached to an aromatic ring is 1. The molecule has 4 nitrogen and oxygen atoms in total. The monoisotopic (exact) mass is 304 g/mol. The summed E-state index contributed by atoms with van der Waals surface area (Å²) in [5, 5.41) is 7.26. The molecule has 0 amide bonds. The van der Waals surface area contributed by atoms with Crippen LogP contribution in [0.4, 0.5) is 4.39 Å². The SMILES string of the molecule is COCCCOc1ccc(C(=N)N)c(Br)c1F. The van der Waals surface area contributed by atoms with Crippen LogP contribution in [0, 0.1) is 11.2 Å². The minimum absolute atomic E-state index is 0.137. The van der Waals surface area contributed by atoms with Crippen molar-refractivity contribution >= 4 is 21.8 Å². The smallest absolute Gasteiger partial charge is 0.179 e. The van der Waals surface area contributed by atoms with Crippen molar-refractivity contribution in [2.24, 2.45) is 5.73 Å². The number of rotatable bonds is 6. The molecule has 0 bridgehead atoms.